The van der Waals surface area contributed by atoms with Crippen LogP contribution in [0.5, 0.6) is 0 Å². The van der Waals surface area contributed by atoms with E-state index in [0.717, 1.165) is 5.56 Å². The topological polar surface area (TPSA) is 86.7 Å². The minimum atomic E-state index is -0.902. The summed E-state index contributed by atoms with van der Waals surface area (Å²) in [6.45, 7) is 0.0161. The molecule has 1 aliphatic rings. The molecular weight excluding hydrogens is 304 g/mol. The Morgan fingerprint density at radius 1 is 1.32 bits per heavy atom. The van der Waals surface area contributed by atoms with Crippen molar-refractivity contribution in [3.8, 4) is 0 Å². The fourth-order valence-electron chi connectivity index (χ4n) is 2.23. The molecule has 22 heavy (non-hydrogen) atoms. The summed E-state index contributed by atoms with van der Waals surface area (Å²) in [6, 6.07) is 8.88. The number of carbonyl (C=O) groups is 3. The van der Waals surface area contributed by atoms with Crippen molar-refractivity contribution in [2.45, 2.75) is 18.9 Å². The molecule has 1 saturated heterocycles. The molecule has 2 amide bonds. The predicted molar refractivity (Wildman–Crippen MR) is 83.2 cm³/mol. The Kier molecular flexibility index (Phi) is 5.83. The van der Waals surface area contributed by atoms with E-state index in [0.29, 0.717) is 18.1 Å². The average molecular weight is 322 g/mol. The molecule has 0 aliphatic carbocycles. The highest BCUT2D eigenvalue weighted by molar-refractivity contribution is 8.00. The first kappa shape index (κ1) is 16.4. The first-order chi connectivity index (χ1) is 10.6. The van der Waals surface area contributed by atoms with Gasteiger partial charge in [-0.15, -0.1) is 11.8 Å². The zero-order valence-electron chi connectivity index (χ0n) is 12.0. The van der Waals surface area contributed by atoms with Gasteiger partial charge in [0.25, 0.3) is 0 Å². The van der Waals surface area contributed by atoms with Crippen LogP contribution in [0.25, 0.3) is 0 Å². The van der Waals surface area contributed by atoms with E-state index in [9.17, 15) is 14.4 Å². The van der Waals surface area contributed by atoms with Crippen LogP contribution >= 0.6 is 11.8 Å². The minimum absolute atomic E-state index is 0.0161. The zero-order valence-corrected chi connectivity index (χ0v) is 12.8. The average Bonchev–Trinajstić information content (AvgIpc) is 2.89. The maximum Gasteiger partial charge on any atom is 0.303 e. The van der Waals surface area contributed by atoms with Crippen molar-refractivity contribution in [1.29, 1.82) is 0 Å². The number of hydrogen-bond donors (Lipinski definition) is 2. The van der Waals surface area contributed by atoms with Gasteiger partial charge in [-0.1, -0.05) is 30.3 Å². The number of carbonyl (C=O) groups excluding carboxylic acids is 2. The summed E-state index contributed by atoms with van der Waals surface area (Å²) in [4.78, 5) is 35.9. The minimum Gasteiger partial charge on any atom is -0.481 e. The second-order valence-corrected chi connectivity index (χ2v) is 5.99. The van der Waals surface area contributed by atoms with Gasteiger partial charge in [-0.05, 0) is 12.0 Å². The van der Waals surface area contributed by atoms with Gasteiger partial charge in [0.15, 0.2) is 0 Å². The molecule has 1 fully saturated rings. The molecule has 1 aromatic rings. The van der Waals surface area contributed by atoms with Gasteiger partial charge >= 0.3 is 5.97 Å². The molecule has 2 rings (SSSR count). The van der Waals surface area contributed by atoms with Gasteiger partial charge in [-0.2, -0.15) is 0 Å². The SMILES string of the molecule is O=C(O)CCC(NC(=O)CN1CSCC1=O)c1ccccc1. The van der Waals surface area contributed by atoms with Gasteiger partial charge in [0.2, 0.25) is 11.8 Å². The Labute approximate surface area is 132 Å². The second kappa shape index (κ2) is 7.84. The highest BCUT2D eigenvalue weighted by Crippen LogP contribution is 2.19. The molecule has 0 bridgehead atoms. The molecule has 0 radical (unpaired) electrons. The van der Waals surface area contributed by atoms with Gasteiger partial charge in [0.05, 0.1) is 17.7 Å². The Balaban J connectivity index is 1.97. The van der Waals surface area contributed by atoms with Crippen molar-refractivity contribution in [2.75, 3.05) is 18.2 Å². The van der Waals surface area contributed by atoms with Crippen LogP contribution < -0.4 is 5.32 Å². The van der Waals surface area contributed by atoms with E-state index in [1.165, 1.54) is 16.7 Å². The predicted octanol–water partition coefficient (Wildman–Crippen LogP) is 1.24. The summed E-state index contributed by atoms with van der Waals surface area (Å²) < 4.78 is 0. The van der Waals surface area contributed by atoms with Crippen LogP contribution in [0.4, 0.5) is 0 Å². The monoisotopic (exact) mass is 322 g/mol. The lowest BCUT2D eigenvalue weighted by atomic mass is 10.0. The Bertz CT molecular complexity index is 550. The van der Waals surface area contributed by atoms with E-state index in [1.807, 2.05) is 30.3 Å². The summed E-state index contributed by atoms with van der Waals surface area (Å²) in [5.41, 5.74) is 0.860. The molecule has 0 spiro atoms. The van der Waals surface area contributed by atoms with Crippen molar-refractivity contribution in [3.05, 3.63) is 35.9 Å². The second-order valence-electron chi connectivity index (χ2n) is 5.03. The lowest BCUT2D eigenvalue weighted by Crippen LogP contribution is -2.39. The van der Waals surface area contributed by atoms with Gasteiger partial charge in [0, 0.05) is 6.42 Å². The Morgan fingerprint density at radius 2 is 2.05 bits per heavy atom. The number of nitrogens with zero attached hydrogens (tertiary/aromatic N) is 1. The number of carboxylic acid groups (broad SMARTS) is 1. The molecular formula is C15H18N2O4S. The number of nitrogens with one attached hydrogen (secondary N) is 1. The van der Waals surface area contributed by atoms with Gasteiger partial charge in [-0.25, -0.2) is 0 Å². The third kappa shape index (κ3) is 4.77. The molecule has 1 atom stereocenters. The van der Waals surface area contributed by atoms with E-state index < -0.39 is 5.97 Å². The maximum atomic E-state index is 12.1. The summed E-state index contributed by atoms with van der Waals surface area (Å²) in [5.74, 6) is -0.274. The number of hydrogen-bond acceptors (Lipinski definition) is 4. The van der Waals surface area contributed by atoms with Crippen LogP contribution in [0.2, 0.25) is 0 Å². The third-order valence-electron chi connectivity index (χ3n) is 3.34. The molecule has 0 aromatic heterocycles. The van der Waals surface area contributed by atoms with E-state index in [-0.39, 0.29) is 30.8 Å². The number of thioether (sulfide) groups is 1. The van der Waals surface area contributed by atoms with Gasteiger partial charge in [0.1, 0.15) is 6.54 Å². The van der Waals surface area contributed by atoms with Crippen molar-refractivity contribution in [2.24, 2.45) is 0 Å². The molecule has 0 saturated carbocycles. The van der Waals surface area contributed by atoms with Crippen molar-refractivity contribution in [1.82, 2.24) is 10.2 Å². The number of aliphatic carboxylic acids is 1. The molecule has 1 unspecified atom stereocenters. The van der Waals surface area contributed by atoms with E-state index in [4.69, 9.17) is 5.11 Å². The molecule has 118 valence electrons. The summed E-state index contributed by atoms with van der Waals surface area (Å²) in [6.07, 6.45) is 0.284. The van der Waals surface area contributed by atoms with Gasteiger partial charge < -0.3 is 15.3 Å². The molecule has 6 nitrogen and oxygen atoms in total. The molecule has 2 N–H and O–H groups in total. The van der Waals surface area contributed by atoms with Crippen molar-refractivity contribution in [3.63, 3.8) is 0 Å². The first-order valence-corrected chi connectivity index (χ1v) is 8.13. The zero-order chi connectivity index (χ0) is 15.9. The Morgan fingerprint density at radius 3 is 2.64 bits per heavy atom. The van der Waals surface area contributed by atoms with Crippen molar-refractivity contribution >= 4 is 29.5 Å². The van der Waals surface area contributed by atoms with Crippen LogP contribution in [0.15, 0.2) is 30.3 Å². The fourth-order valence-corrected chi connectivity index (χ4v) is 3.13. The largest absolute Gasteiger partial charge is 0.481 e. The first-order valence-electron chi connectivity index (χ1n) is 6.98. The van der Waals surface area contributed by atoms with Gasteiger partial charge in [-0.3, -0.25) is 14.4 Å². The summed E-state index contributed by atoms with van der Waals surface area (Å²) in [5, 5.41) is 11.7. The normalized spacial score (nSPS) is 15.6. The quantitative estimate of drug-likeness (QED) is 0.789. The van der Waals surface area contributed by atoms with Crippen LogP contribution in [-0.4, -0.2) is 46.0 Å². The number of rotatable bonds is 7. The summed E-state index contributed by atoms with van der Waals surface area (Å²) >= 11 is 1.48. The van der Waals surface area contributed by atoms with Crippen LogP contribution in [0.3, 0.4) is 0 Å². The van der Waals surface area contributed by atoms with Crippen LogP contribution in [0, 0.1) is 0 Å². The number of benzene rings is 1. The van der Waals surface area contributed by atoms with Crippen LogP contribution in [-0.2, 0) is 14.4 Å². The molecule has 1 aromatic carbocycles. The Hall–Kier alpha value is -2.02. The van der Waals surface area contributed by atoms with Crippen molar-refractivity contribution < 1.29 is 19.5 Å². The number of amides is 2. The smallest absolute Gasteiger partial charge is 0.303 e. The van der Waals surface area contributed by atoms with E-state index in [1.54, 1.807) is 0 Å². The fraction of sp³-hybridized carbons (Fsp3) is 0.400. The molecule has 1 aliphatic heterocycles. The maximum absolute atomic E-state index is 12.1. The van der Waals surface area contributed by atoms with E-state index >= 15 is 0 Å². The standard InChI is InChI=1S/C15H18N2O4S/c18-13(8-17-10-22-9-14(17)19)16-12(6-7-15(20)21)11-4-2-1-3-5-11/h1-5,12H,6-10H2,(H,16,18)(H,20,21). The highest BCUT2D eigenvalue weighted by atomic mass is 32.2. The lowest BCUT2D eigenvalue weighted by Gasteiger charge is -2.21. The van der Waals surface area contributed by atoms with Crippen LogP contribution in [0.1, 0.15) is 24.4 Å². The molecule has 7 heteroatoms. The lowest BCUT2D eigenvalue weighted by molar-refractivity contribution is -0.137. The molecule has 1 heterocycles. The number of carboxylic acids is 1. The third-order valence-corrected chi connectivity index (χ3v) is 4.29. The highest BCUT2D eigenvalue weighted by Gasteiger charge is 2.24. The van der Waals surface area contributed by atoms with E-state index in [2.05, 4.69) is 5.32 Å². The summed E-state index contributed by atoms with van der Waals surface area (Å²) in [7, 11) is 0.